The standard InChI is InChI=1S/C20H21ClN4O3S/c1-12-8-13-11-22-24-19(13)18(9-12)29(27)25-7-3-4-16(25)20(26)23-14-5-6-17(28-2)15(21)10-14/h5-6,8-11,16H,3-4,7H2,1-2H3,(H,22,24)(H,23,26). The summed E-state index contributed by atoms with van der Waals surface area (Å²) < 4.78 is 20.3. The third-order valence-electron chi connectivity index (χ3n) is 4.98. The van der Waals surface area contributed by atoms with Crippen LogP contribution in [0, 0.1) is 6.92 Å². The molecule has 29 heavy (non-hydrogen) atoms. The average molecular weight is 433 g/mol. The summed E-state index contributed by atoms with van der Waals surface area (Å²) in [6.07, 6.45) is 3.15. The predicted molar refractivity (Wildman–Crippen MR) is 114 cm³/mol. The third kappa shape index (κ3) is 3.88. The lowest BCUT2D eigenvalue weighted by atomic mass is 10.2. The summed E-state index contributed by atoms with van der Waals surface area (Å²) >= 11 is 6.15. The Labute approximate surface area is 176 Å². The SMILES string of the molecule is COc1ccc(NC(=O)C2CCCN2S(=O)c2cc(C)cc3cn[nH]c23)cc1Cl. The number of hydrogen-bond acceptors (Lipinski definition) is 4. The largest absolute Gasteiger partial charge is 0.495 e. The monoisotopic (exact) mass is 432 g/mol. The number of halogens is 1. The highest BCUT2D eigenvalue weighted by Crippen LogP contribution is 2.30. The van der Waals surface area contributed by atoms with Gasteiger partial charge in [-0.15, -0.1) is 0 Å². The van der Waals surface area contributed by atoms with Crippen molar-refractivity contribution in [1.82, 2.24) is 14.5 Å². The molecule has 1 amide bonds. The van der Waals surface area contributed by atoms with Gasteiger partial charge in [-0.1, -0.05) is 11.6 Å². The maximum Gasteiger partial charge on any atom is 0.242 e. The average Bonchev–Trinajstić information content (AvgIpc) is 3.36. The number of benzene rings is 2. The normalized spacial score (nSPS) is 18.1. The number of ether oxygens (including phenoxy) is 1. The molecule has 0 radical (unpaired) electrons. The summed E-state index contributed by atoms with van der Waals surface area (Å²) in [5, 5.41) is 11.2. The van der Waals surface area contributed by atoms with Gasteiger partial charge in [0, 0.05) is 17.6 Å². The molecule has 1 aromatic heterocycles. The Kier molecular flexibility index (Phi) is 5.58. The number of hydrogen-bond donors (Lipinski definition) is 2. The number of fused-ring (bicyclic) bond motifs is 1. The molecule has 2 heterocycles. The molecule has 1 saturated heterocycles. The molecule has 0 spiro atoms. The molecule has 2 N–H and O–H groups in total. The number of aromatic nitrogens is 2. The minimum Gasteiger partial charge on any atom is -0.495 e. The van der Waals surface area contributed by atoms with Crippen LogP contribution in [0.1, 0.15) is 18.4 Å². The van der Waals surface area contributed by atoms with Crippen molar-refractivity contribution >= 4 is 45.1 Å². The van der Waals surface area contributed by atoms with Crippen molar-refractivity contribution in [3.05, 3.63) is 47.1 Å². The van der Waals surface area contributed by atoms with Crippen molar-refractivity contribution in [2.45, 2.75) is 30.7 Å². The van der Waals surface area contributed by atoms with Crippen LogP contribution in [-0.4, -0.2) is 44.3 Å². The Hall–Kier alpha value is -2.42. The number of methoxy groups -OCH3 is 1. The first-order chi connectivity index (χ1) is 14.0. The van der Waals surface area contributed by atoms with Gasteiger partial charge in [0.05, 0.1) is 28.7 Å². The van der Waals surface area contributed by atoms with Crippen molar-refractivity contribution in [1.29, 1.82) is 0 Å². The number of carbonyl (C=O) groups is 1. The Balaban J connectivity index is 1.57. The van der Waals surface area contributed by atoms with Crippen molar-refractivity contribution in [2.75, 3.05) is 19.0 Å². The maximum absolute atomic E-state index is 13.4. The predicted octanol–water partition coefficient (Wildman–Crippen LogP) is 3.66. The summed E-state index contributed by atoms with van der Waals surface area (Å²) in [4.78, 5) is 13.6. The Morgan fingerprint density at radius 1 is 1.38 bits per heavy atom. The molecule has 1 aliphatic heterocycles. The molecule has 2 atom stereocenters. The second kappa shape index (κ2) is 8.14. The van der Waals surface area contributed by atoms with Crippen LogP contribution in [0.4, 0.5) is 5.69 Å². The minimum absolute atomic E-state index is 0.203. The van der Waals surface area contributed by atoms with Gasteiger partial charge in [0.1, 0.15) is 22.8 Å². The zero-order valence-electron chi connectivity index (χ0n) is 16.1. The second-order valence-electron chi connectivity index (χ2n) is 6.98. The van der Waals surface area contributed by atoms with Gasteiger partial charge in [0.25, 0.3) is 0 Å². The highest BCUT2D eigenvalue weighted by molar-refractivity contribution is 7.83. The summed E-state index contributed by atoms with van der Waals surface area (Å²) in [5.41, 5.74) is 2.31. The van der Waals surface area contributed by atoms with Crippen LogP contribution in [0.5, 0.6) is 5.75 Å². The van der Waals surface area contributed by atoms with Crippen LogP contribution in [0.2, 0.25) is 5.02 Å². The van der Waals surface area contributed by atoms with Gasteiger partial charge in [0.2, 0.25) is 5.91 Å². The lowest BCUT2D eigenvalue weighted by Gasteiger charge is -2.23. The number of amides is 1. The molecule has 152 valence electrons. The summed E-state index contributed by atoms with van der Waals surface area (Å²) in [6, 6.07) is 8.45. The first-order valence-corrected chi connectivity index (χ1v) is 10.7. The lowest BCUT2D eigenvalue weighted by molar-refractivity contribution is -0.119. The van der Waals surface area contributed by atoms with E-state index >= 15 is 0 Å². The molecule has 2 unspecified atom stereocenters. The van der Waals surface area contributed by atoms with Gasteiger partial charge in [-0.05, 0) is 55.7 Å². The molecule has 0 bridgehead atoms. The highest BCUT2D eigenvalue weighted by atomic mass is 35.5. The van der Waals surface area contributed by atoms with E-state index in [9.17, 15) is 9.00 Å². The van der Waals surface area contributed by atoms with E-state index in [2.05, 4.69) is 15.5 Å². The van der Waals surface area contributed by atoms with Crippen LogP contribution in [0.25, 0.3) is 10.9 Å². The van der Waals surface area contributed by atoms with E-state index in [0.29, 0.717) is 34.3 Å². The zero-order chi connectivity index (χ0) is 20.5. The topological polar surface area (TPSA) is 87.3 Å². The Morgan fingerprint density at radius 2 is 2.21 bits per heavy atom. The number of nitrogens with zero attached hydrogens (tertiary/aromatic N) is 2. The van der Waals surface area contributed by atoms with Gasteiger partial charge in [-0.25, -0.2) is 8.51 Å². The zero-order valence-corrected chi connectivity index (χ0v) is 17.6. The molecular formula is C20H21ClN4O3S. The summed E-state index contributed by atoms with van der Waals surface area (Å²) in [6.45, 7) is 2.53. The Bertz CT molecular complexity index is 1100. The smallest absolute Gasteiger partial charge is 0.242 e. The van der Waals surface area contributed by atoms with Crippen molar-refractivity contribution in [2.24, 2.45) is 0 Å². The molecule has 1 aliphatic rings. The number of H-pyrrole nitrogens is 1. The van der Waals surface area contributed by atoms with E-state index in [4.69, 9.17) is 16.3 Å². The van der Waals surface area contributed by atoms with E-state index in [1.807, 2.05) is 19.1 Å². The maximum atomic E-state index is 13.4. The van der Waals surface area contributed by atoms with E-state index in [1.165, 1.54) is 7.11 Å². The van der Waals surface area contributed by atoms with Crippen molar-refractivity contribution in [3.8, 4) is 5.75 Å². The van der Waals surface area contributed by atoms with E-state index < -0.39 is 17.0 Å². The molecule has 7 nitrogen and oxygen atoms in total. The molecule has 1 fully saturated rings. The highest BCUT2D eigenvalue weighted by Gasteiger charge is 2.35. The number of aryl methyl sites for hydroxylation is 1. The van der Waals surface area contributed by atoms with E-state index in [1.54, 1.807) is 28.7 Å². The summed E-state index contributed by atoms with van der Waals surface area (Å²) in [7, 11) is 0.0499. The lowest BCUT2D eigenvalue weighted by Crippen LogP contribution is -2.40. The van der Waals surface area contributed by atoms with Crippen molar-refractivity contribution < 1.29 is 13.7 Å². The van der Waals surface area contributed by atoms with Gasteiger partial charge >= 0.3 is 0 Å². The fourth-order valence-electron chi connectivity index (χ4n) is 3.60. The quantitative estimate of drug-likeness (QED) is 0.644. The van der Waals surface area contributed by atoms with E-state index in [0.717, 1.165) is 22.9 Å². The first kappa shape index (κ1) is 19.9. The number of carbonyl (C=O) groups excluding carboxylic acids is 1. The van der Waals surface area contributed by atoms with Gasteiger partial charge in [-0.2, -0.15) is 5.10 Å². The number of nitrogens with one attached hydrogen (secondary N) is 2. The first-order valence-electron chi connectivity index (χ1n) is 9.24. The minimum atomic E-state index is -1.48. The van der Waals surface area contributed by atoms with Gasteiger partial charge in [-0.3, -0.25) is 9.89 Å². The van der Waals surface area contributed by atoms with Gasteiger partial charge in [0.15, 0.2) is 0 Å². The number of rotatable bonds is 5. The van der Waals surface area contributed by atoms with E-state index in [-0.39, 0.29) is 5.91 Å². The Morgan fingerprint density at radius 3 is 2.97 bits per heavy atom. The fourth-order valence-corrected chi connectivity index (χ4v) is 5.46. The van der Waals surface area contributed by atoms with Crippen LogP contribution < -0.4 is 10.1 Å². The molecule has 0 saturated carbocycles. The molecule has 3 aromatic rings. The molecule has 4 rings (SSSR count). The number of anilines is 1. The molecule has 2 aromatic carbocycles. The van der Waals surface area contributed by atoms with Crippen LogP contribution >= 0.6 is 11.6 Å². The van der Waals surface area contributed by atoms with Crippen molar-refractivity contribution in [3.63, 3.8) is 0 Å². The van der Waals surface area contributed by atoms with Crippen LogP contribution in [0.15, 0.2) is 41.4 Å². The fraction of sp³-hybridized carbons (Fsp3) is 0.300. The molecular weight excluding hydrogens is 412 g/mol. The molecule has 0 aliphatic carbocycles. The molecule has 9 heteroatoms. The van der Waals surface area contributed by atoms with Gasteiger partial charge < -0.3 is 10.1 Å². The second-order valence-corrected chi connectivity index (χ2v) is 8.80. The third-order valence-corrected chi connectivity index (χ3v) is 6.84. The van der Waals surface area contributed by atoms with Crippen LogP contribution in [-0.2, 0) is 15.8 Å². The summed E-state index contributed by atoms with van der Waals surface area (Å²) in [5.74, 6) is 0.335. The number of aromatic amines is 1. The van der Waals surface area contributed by atoms with Crippen LogP contribution in [0.3, 0.4) is 0 Å².